The molecule has 0 heterocycles. The Labute approximate surface area is 101 Å². The number of hydrogen-bond acceptors (Lipinski definition) is 7. The van der Waals surface area contributed by atoms with Crippen molar-refractivity contribution < 1.29 is 25.5 Å². The largest absolute Gasteiger partial charge is 0.395 e. The zero-order valence-electron chi connectivity index (χ0n) is 9.86. The molecule has 0 atom stereocenters. The minimum Gasteiger partial charge on any atom is -0.395 e. The predicted molar refractivity (Wildman–Crippen MR) is 61.8 cm³/mol. The fraction of sp³-hybridized carbons (Fsp3) is 0.800. The minimum atomic E-state index is -0.320. The number of hydrogen-bond donors (Lipinski definition) is 5. The molecule has 0 aromatic heterocycles. The van der Waals surface area contributed by atoms with Crippen LogP contribution in [-0.4, -0.2) is 88.1 Å². The lowest BCUT2D eigenvalue weighted by Gasteiger charge is -2.26. The maximum Gasteiger partial charge on any atom is 0.115 e. The first-order chi connectivity index (χ1) is 8.23. The Kier molecular flexibility index (Phi) is 9.78. The number of nitrogens with zero attached hydrogens (tertiary/aromatic N) is 2. The molecule has 0 rings (SSSR count). The van der Waals surface area contributed by atoms with Gasteiger partial charge < -0.3 is 35.3 Å². The van der Waals surface area contributed by atoms with E-state index in [1.165, 1.54) is 4.90 Å². The molecule has 0 saturated heterocycles. The standard InChI is InChI=1S/C10H22N2O5/c13-4-1-11(2-5-14)7-10(8-16)12(9-17)3-6-15/h7,13-17H,1-6,8-9H2/b10-7-. The molecule has 102 valence electrons. The molecule has 0 radical (unpaired) electrons. The van der Waals surface area contributed by atoms with Gasteiger partial charge in [-0.05, 0) is 0 Å². The van der Waals surface area contributed by atoms with Crippen LogP contribution in [0.25, 0.3) is 0 Å². The van der Waals surface area contributed by atoms with Crippen molar-refractivity contribution in [1.29, 1.82) is 0 Å². The molecular weight excluding hydrogens is 228 g/mol. The van der Waals surface area contributed by atoms with Gasteiger partial charge in [0, 0.05) is 25.8 Å². The van der Waals surface area contributed by atoms with Crippen LogP contribution in [0.1, 0.15) is 0 Å². The molecule has 0 aliphatic rings. The lowest BCUT2D eigenvalue weighted by atomic mass is 10.4. The van der Waals surface area contributed by atoms with E-state index in [1.807, 2.05) is 0 Å². The summed E-state index contributed by atoms with van der Waals surface area (Å²) in [6, 6.07) is 0. The quantitative estimate of drug-likeness (QED) is 0.270. The molecule has 7 heteroatoms. The Morgan fingerprint density at radius 2 is 1.35 bits per heavy atom. The minimum absolute atomic E-state index is 0.0751. The summed E-state index contributed by atoms with van der Waals surface area (Å²) in [5, 5.41) is 44.7. The van der Waals surface area contributed by atoms with Crippen molar-refractivity contribution in [3.8, 4) is 0 Å². The topological polar surface area (TPSA) is 108 Å². The SMILES string of the molecule is OCCN(/C=C(/CO)N(CO)CCO)CCO. The van der Waals surface area contributed by atoms with E-state index in [4.69, 9.17) is 20.4 Å². The summed E-state index contributed by atoms with van der Waals surface area (Å²) in [5.74, 6) is 0. The molecule has 0 bridgehead atoms. The van der Waals surface area contributed by atoms with E-state index in [0.29, 0.717) is 18.8 Å². The molecule has 0 aliphatic carbocycles. The van der Waals surface area contributed by atoms with Gasteiger partial charge in [-0.15, -0.1) is 0 Å². The van der Waals surface area contributed by atoms with Gasteiger partial charge in [-0.3, -0.25) is 0 Å². The molecule has 0 aromatic rings. The second-order valence-corrected chi connectivity index (χ2v) is 3.39. The van der Waals surface area contributed by atoms with Gasteiger partial charge in [-0.1, -0.05) is 0 Å². The summed E-state index contributed by atoms with van der Waals surface area (Å²) in [5.41, 5.74) is 0.420. The van der Waals surface area contributed by atoms with Crippen molar-refractivity contribution in [3.05, 3.63) is 11.9 Å². The van der Waals surface area contributed by atoms with Gasteiger partial charge in [0.2, 0.25) is 0 Å². The highest BCUT2D eigenvalue weighted by atomic mass is 16.3. The van der Waals surface area contributed by atoms with E-state index in [2.05, 4.69) is 0 Å². The van der Waals surface area contributed by atoms with Crippen molar-refractivity contribution in [3.63, 3.8) is 0 Å². The summed E-state index contributed by atoms with van der Waals surface area (Å²) in [6.45, 7) is -0.0621. The molecule has 0 aliphatic heterocycles. The molecule has 0 unspecified atom stereocenters. The van der Waals surface area contributed by atoms with Gasteiger partial charge >= 0.3 is 0 Å². The van der Waals surface area contributed by atoms with E-state index < -0.39 is 0 Å². The fourth-order valence-corrected chi connectivity index (χ4v) is 1.36. The van der Waals surface area contributed by atoms with Crippen LogP contribution >= 0.6 is 0 Å². The molecule has 0 fully saturated rings. The smallest absolute Gasteiger partial charge is 0.115 e. The van der Waals surface area contributed by atoms with E-state index >= 15 is 0 Å². The highest BCUT2D eigenvalue weighted by Gasteiger charge is 2.09. The van der Waals surface area contributed by atoms with Crippen LogP contribution < -0.4 is 0 Å². The van der Waals surface area contributed by atoms with Crippen LogP contribution in [0.2, 0.25) is 0 Å². The molecule has 0 saturated carbocycles. The first kappa shape index (κ1) is 16.1. The van der Waals surface area contributed by atoms with Crippen molar-refractivity contribution in [1.82, 2.24) is 9.80 Å². The maximum absolute atomic E-state index is 9.19. The number of rotatable bonds is 10. The van der Waals surface area contributed by atoms with Crippen LogP contribution in [0, 0.1) is 0 Å². The van der Waals surface area contributed by atoms with Gasteiger partial charge in [0.05, 0.1) is 32.1 Å². The summed E-state index contributed by atoms with van der Waals surface area (Å²) < 4.78 is 0. The molecule has 5 N–H and O–H groups in total. The summed E-state index contributed by atoms with van der Waals surface area (Å²) in [4.78, 5) is 3.04. The van der Waals surface area contributed by atoms with Crippen LogP contribution in [0.5, 0.6) is 0 Å². The van der Waals surface area contributed by atoms with Crippen molar-refractivity contribution in [2.75, 3.05) is 52.8 Å². The average Bonchev–Trinajstić information content (AvgIpc) is 2.34. The predicted octanol–water partition coefficient (Wildman–Crippen LogP) is -2.65. The molecule has 0 spiro atoms. The third kappa shape index (κ3) is 6.44. The molecule has 7 nitrogen and oxygen atoms in total. The third-order valence-corrected chi connectivity index (χ3v) is 2.21. The number of aliphatic hydroxyl groups is 5. The Hall–Kier alpha value is -0.860. The monoisotopic (exact) mass is 250 g/mol. The zero-order valence-corrected chi connectivity index (χ0v) is 9.86. The van der Waals surface area contributed by atoms with Gasteiger partial charge in [-0.2, -0.15) is 0 Å². The highest BCUT2D eigenvalue weighted by Crippen LogP contribution is 2.04. The summed E-state index contributed by atoms with van der Waals surface area (Å²) >= 11 is 0. The van der Waals surface area contributed by atoms with Gasteiger partial charge in [0.15, 0.2) is 0 Å². The summed E-state index contributed by atoms with van der Waals surface area (Å²) in [7, 11) is 0. The van der Waals surface area contributed by atoms with E-state index in [9.17, 15) is 5.11 Å². The first-order valence-corrected chi connectivity index (χ1v) is 5.47. The second-order valence-electron chi connectivity index (χ2n) is 3.39. The number of aliphatic hydroxyl groups excluding tert-OH is 5. The second kappa shape index (κ2) is 10.3. The molecular formula is C10H22N2O5. The Morgan fingerprint density at radius 1 is 0.824 bits per heavy atom. The molecule has 0 amide bonds. The van der Waals surface area contributed by atoms with Crippen LogP contribution in [0.15, 0.2) is 11.9 Å². The highest BCUT2D eigenvalue weighted by molar-refractivity contribution is 5.00. The van der Waals surface area contributed by atoms with Crippen LogP contribution in [0.4, 0.5) is 0 Å². The summed E-state index contributed by atoms with van der Waals surface area (Å²) in [6.07, 6.45) is 1.55. The van der Waals surface area contributed by atoms with Gasteiger partial charge in [-0.25, -0.2) is 0 Å². The maximum atomic E-state index is 9.19. The van der Waals surface area contributed by atoms with Gasteiger partial charge in [0.1, 0.15) is 6.73 Å². The zero-order chi connectivity index (χ0) is 13.1. The Morgan fingerprint density at radius 3 is 1.71 bits per heavy atom. The normalized spacial score (nSPS) is 11.7. The van der Waals surface area contributed by atoms with E-state index in [0.717, 1.165) is 0 Å². The lowest BCUT2D eigenvalue weighted by molar-refractivity contribution is 0.0993. The van der Waals surface area contributed by atoms with Crippen molar-refractivity contribution in [2.45, 2.75) is 0 Å². The van der Waals surface area contributed by atoms with Crippen molar-refractivity contribution in [2.24, 2.45) is 0 Å². The van der Waals surface area contributed by atoms with Crippen molar-refractivity contribution >= 4 is 0 Å². The fourth-order valence-electron chi connectivity index (χ4n) is 1.36. The Balaban J connectivity index is 4.64. The average molecular weight is 250 g/mol. The van der Waals surface area contributed by atoms with Crippen LogP contribution in [0.3, 0.4) is 0 Å². The molecule has 0 aromatic carbocycles. The van der Waals surface area contributed by atoms with Crippen LogP contribution in [-0.2, 0) is 0 Å². The first-order valence-electron chi connectivity index (χ1n) is 5.47. The van der Waals surface area contributed by atoms with E-state index in [1.54, 1.807) is 11.1 Å². The van der Waals surface area contributed by atoms with E-state index in [-0.39, 0.29) is 39.7 Å². The third-order valence-electron chi connectivity index (χ3n) is 2.21. The molecule has 17 heavy (non-hydrogen) atoms. The lowest BCUT2D eigenvalue weighted by Crippen LogP contribution is -2.32. The Bertz CT molecular complexity index is 207. The van der Waals surface area contributed by atoms with Gasteiger partial charge in [0.25, 0.3) is 0 Å².